The number of hydrogen-bond donors (Lipinski definition) is 1. The van der Waals surface area contributed by atoms with Crippen LogP contribution in [0, 0.1) is 0 Å². The fourth-order valence-electron chi connectivity index (χ4n) is 2.98. The molecule has 0 aromatic heterocycles. The largest absolute Gasteiger partial charge is 0.494 e. The molecule has 1 aliphatic heterocycles. The minimum absolute atomic E-state index is 0.261. The van der Waals surface area contributed by atoms with Gasteiger partial charge >= 0.3 is 0 Å². The van der Waals surface area contributed by atoms with E-state index in [1.165, 1.54) is 31.5 Å². The maximum absolute atomic E-state index is 12.0. The van der Waals surface area contributed by atoms with Crippen molar-refractivity contribution < 1.29 is 9.13 Å². The first-order valence-corrected chi connectivity index (χ1v) is 8.52. The summed E-state index contributed by atoms with van der Waals surface area (Å²) < 4.78 is 17.6. The van der Waals surface area contributed by atoms with Gasteiger partial charge in [-0.2, -0.15) is 0 Å². The Morgan fingerprint density at radius 1 is 1.18 bits per heavy atom. The molecule has 1 fully saturated rings. The zero-order valence-electron chi connectivity index (χ0n) is 13.7. The third-order valence-electron chi connectivity index (χ3n) is 4.36. The smallest absolute Gasteiger partial charge is 0.119 e. The van der Waals surface area contributed by atoms with Gasteiger partial charge in [0.2, 0.25) is 0 Å². The van der Waals surface area contributed by atoms with Gasteiger partial charge in [0.1, 0.15) is 5.75 Å². The Labute approximate surface area is 133 Å². The van der Waals surface area contributed by atoms with Crippen molar-refractivity contribution in [2.24, 2.45) is 0 Å². The molecule has 0 aliphatic carbocycles. The van der Waals surface area contributed by atoms with Gasteiger partial charge in [-0.05, 0) is 76.5 Å². The van der Waals surface area contributed by atoms with Crippen molar-refractivity contribution in [2.75, 3.05) is 40.0 Å². The molecule has 1 aliphatic rings. The lowest BCUT2D eigenvalue weighted by Gasteiger charge is -2.21. The number of hydrogen-bond acceptors (Lipinski definition) is 3. The number of ether oxygens (including phenoxy) is 1. The van der Waals surface area contributed by atoms with Crippen LogP contribution in [-0.2, 0) is 0 Å². The number of alkyl halides is 1. The summed E-state index contributed by atoms with van der Waals surface area (Å²) in [6, 6.07) is 8.70. The van der Waals surface area contributed by atoms with E-state index in [9.17, 15) is 4.39 Å². The first-order valence-electron chi connectivity index (χ1n) is 8.52. The monoisotopic (exact) mass is 308 g/mol. The molecule has 0 spiro atoms. The van der Waals surface area contributed by atoms with E-state index in [2.05, 4.69) is 22.3 Å². The van der Waals surface area contributed by atoms with Gasteiger partial charge in [0.05, 0.1) is 13.3 Å². The van der Waals surface area contributed by atoms with Crippen LogP contribution in [0.15, 0.2) is 24.3 Å². The lowest BCUT2D eigenvalue weighted by atomic mass is 10.0. The number of nitrogens with one attached hydrogen (secondary N) is 1. The summed E-state index contributed by atoms with van der Waals surface area (Å²) in [6.45, 7) is 3.99. The molecule has 3 nitrogen and oxygen atoms in total. The van der Waals surface area contributed by atoms with Gasteiger partial charge in [0, 0.05) is 6.04 Å². The highest BCUT2D eigenvalue weighted by molar-refractivity contribution is 5.29. The Bertz CT molecular complexity index is 404. The van der Waals surface area contributed by atoms with Crippen molar-refractivity contribution in [1.29, 1.82) is 0 Å². The lowest BCUT2D eigenvalue weighted by Crippen LogP contribution is -2.26. The van der Waals surface area contributed by atoms with E-state index < -0.39 is 0 Å². The van der Waals surface area contributed by atoms with Gasteiger partial charge in [-0.15, -0.1) is 0 Å². The predicted molar refractivity (Wildman–Crippen MR) is 89.2 cm³/mol. The van der Waals surface area contributed by atoms with E-state index in [-0.39, 0.29) is 6.67 Å². The van der Waals surface area contributed by atoms with Crippen LogP contribution in [0.3, 0.4) is 0 Å². The van der Waals surface area contributed by atoms with Gasteiger partial charge in [-0.25, -0.2) is 0 Å². The van der Waals surface area contributed by atoms with Gasteiger partial charge in [-0.3, -0.25) is 4.39 Å². The number of halogens is 1. The maximum atomic E-state index is 12.0. The molecule has 0 radical (unpaired) electrons. The Balaban J connectivity index is 1.78. The molecule has 4 heteroatoms. The predicted octanol–water partition coefficient (Wildman–Crippen LogP) is 3.56. The first kappa shape index (κ1) is 17.2. The molecule has 1 saturated heterocycles. The van der Waals surface area contributed by atoms with Gasteiger partial charge in [0.25, 0.3) is 0 Å². The summed E-state index contributed by atoms with van der Waals surface area (Å²) in [6.07, 6.45) is 5.17. The molecule has 1 atom stereocenters. The van der Waals surface area contributed by atoms with E-state index in [1.807, 2.05) is 19.2 Å². The highest BCUT2D eigenvalue weighted by Crippen LogP contribution is 2.21. The fourth-order valence-corrected chi connectivity index (χ4v) is 2.98. The van der Waals surface area contributed by atoms with E-state index in [0.29, 0.717) is 19.1 Å². The highest BCUT2D eigenvalue weighted by atomic mass is 19.1. The minimum atomic E-state index is -0.261. The molecule has 0 saturated carbocycles. The van der Waals surface area contributed by atoms with Crippen LogP contribution in [0.2, 0.25) is 0 Å². The van der Waals surface area contributed by atoms with Gasteiger partial charge in [-0.1, -0.05) is 12.1 Å². The molecule has 22 heavy (non-hydrogen) atoms. The second-order valence-electron chi connectivity index (χ2n) is 5.99. The first-order chi connectivity index (χ1) is 10.8. The van der Waals surface area contributed by atoms with Crippen LogP contribution in [0.1, 0.15) is 43.7 Å². The quantitative estimate of drug-likeness (QED) is 0.669. The summed E-state index contributed by atoms with van der Waals surface area (Å²) in [5.74, 6) is 0.872. The van der Waals surface area contributed by atoms with Crippen LogP contribution < -0.4 is 10.1 Å². The van der Waals surface area contributed by atoms with E-state index >= 15 is 0 Å². The molecule has 2 rings (SSSR count). The van der Waals surface area contributed by atoms with Crippen molar-refractivity contribution in [3.8, 4) is 5.75 Å². The second-order valence-corrected chi connectivity index (χ2v) is 5.99. The molecular formula is C18H29FN2O. The number of nitrogens with zero attached hydrogens (tertiary/aromatic N) is 1. The Morgan fingerprint density at radius 3 is 2.55 bits per heavy atom. The summed E-state index contributed by atoms with van der Waals surface area (Å²) in [5, 5.41) is 3.41. The third kappa shape index (κ3) is 5.58. The minimum Gasteiger partial charge on any atom is -0.494 e. The van der Waals surface area contributed by atoms with E-state index in [0.717, 1.165) is 25.1 Å². The van der Waals surface area contributed by atoms with Crippen LogP contribution in [0.25, 0.3) is 0 Å². The molecule has 0 amide bonds. The molecule has 1 aromatic rings. The zero-order valence-corrected chi connectivity index (χ0v) is 13.7. The van der Waals surface area contributed by atoms with E-state index in [1.54, 1.807) is 0 Å². The molecular weight excluding hydrogens is 279 g/mol. The van der Waals surface area contributed by atoms with Crippen LogP contribution in [0.4, 0.5) is 4.39 Å². The average Bonchev–Trinajstić information content (AvgIpc) is 3.07. The fraction of sp³-hybridized carbons (Fsp3) is 0.667. The summed E-state index contributed by atoms with van der Waals surface area (Å²) in [5.41, 5.74) is 1.30. The Hall–Kier alpha value is -1.13. The lowest BCUT2D eigenvalue weighted by molar-refractivity contribution is 0.297. The number of unbranched alkanes of at least 4 members (excludes halogenated alkanes) is 1. The highest BCUT2D eigenvalue weighted by Gasteiger charge is 2.15. The number of benzene rings is 1. The molecule has 1 aromatic carbocycles. The maximum Gasteiger partial charge on any atom is 0.119 e. The van der Waals surface area contributed by atoms with Crippen molar-refractivity contribution in [3.63, 3.8) is 0 Å². The van der Waals surface area contributed by atoms with Crippen LogP contribution in [0.5, 0.6) is 5.75 Å². The normalized spacial score (nSPS) is 16.8. The summed E-state index contributed by atoms with van der Waals surface area (Å²) >= 11 is 0. The van der Waals surface area contributed by atoms with Crippen molar-refractivity contribution >= 4 is 0 Å². The summed E-state index contributed by atoms with van der Waals surface area (Å²) in [7, 11) is 2.02. The number of likely N-dealkylation sites (tertiary alicyclic amines) is 1. The Kier molecular flexibility index (Phi) is 7.67. The SMILES string of the molecule is CNC(CCN1CCCC1)c1ccc(OCCCCF)cc1. The zero-order chi connectivity index (χ0) is 15.6. The molecule has 124 valence electrons. The topological polar surface area (TPSA) is 24.5 Å². The molecule has 1 N–H and O–H groups in total. The second kappa shape index (κ2) is 9.80. The van der Waals surface area contributed by atoms with Crippen LogP contribution >= 0.6 is 0 Å². The summed E-state index contributed by atoms with van der Waals surface area (Å²) in [4.78, 5) is 2.55. The Morgan fingerprint density at radius 2 is 1.91 bits per heavy atom. The van der Waals surface area contributed by atoms with Crippen molar-refractivity contribution in [1.82, 2.24) is 10.2 Å². The standard InChI is InChI=1S/C18H29FN2O/c1-20-18(10-14-21-12-3-4-13-21)16-6-8-17(9-7-16)22-15-5-2-11-19/h6-9,18,20H,2-5,10-15H2,1H3. The van der Waals surface area contributed by atoms with Crippen molar-refractivity contribution in [3.05, 3.63) is 29.8 Å². The van der Waals surface area contributed by atoms with E-state index in [4.69, 9.17) is 4.74 Å². The van der Waals surface area contributed by atoms with Gasteiger partial charge < -0.3 is 15.0 Å². The number of rotatable bonds is 10. The molecule has 1 unspecified atom stereocenters. The van der Waals surface area contributed by atoms with Crippen molar-refractivity contribution in [2.45, 2.75) is 38.1 Å². The molecule has 0 bridgehead atoms. The third-order valence-corrected chi connectivity index (χ3v) is 4.36. The molecule has 1 heterocycles. The van der Waals surface area contributed by atoms with Crippen LogP contribution in [-0.4, -0.2) is 44.9 Å². The average molecular weight is 308 g/mol. The van der Waals surface area contributed by atoms with Gasteiger partial charge in [0.15, 0.2) is 0 Å².